The first kappa shape index (κ1) is 20.6. The number of carbonyl (C=O) groups excluding carboxylic acids is 1. The van der Waals surface area contributed by atoms with E-state index in [-0.39, 0.29) is 5.78 Å². The highest BCUT2D eigenvalue weighted by Crippen LogP contribution is 2.33. The molecule has 0 saturated heterocycles. The average molecular weight is 432 g/mol. The second-order valence-corrected chi connectivity index (χ2v) is 7.63. The van der Waals surface area contributed by atoms with Crippen LogP contribution in [0, 0.1) is 0 Å². The zero-order valence-corrected chi connectivity index (χ0v) is 17.9. The summed E-state index contributed by atoms with van der Waals surface area (Å²) in [5, 5.41) is 5.24. The Morgan fingerprint density at radius 2 is 1.84 bits per heavy atom. The highest BCUT2D eigenvalue weighted by atomic mass is 32.1. The van der Waals surface area contributed by atoms with Crippen LogP contribution >= 0.6 is 11.3 Å². The summed E-state index contributed by atoms with van der Waals surface area (Å²) in [5.74, 6) is 1.04. The van der Waals surface area contributed by atoms with Gasteiger partial charge in [-0.2, -0.15) is 0 Å². The third-order valence-electron chi connectivity index (χ3n) is 4.80. The molecule has 31 heavy (non-hydrogen) atoms. The minimum Gasteiger partial charge on any atom is -0.495 e. The monoisotopic (exact) mass is 431 g/mol. The van der Waals surface area contributed by atoms with Crippen molar-refractivity contribution >= 4 is 22.8 Å². The Bertz CT molecular complexity index is 1160. The van der Waals surface area contributed by atoms with E-state index in [1.54, 1.807) is 44.9 Å². The molecule has 1 N–H and O–H groups in total. The van der Waals surface area contributed by atoms with Crippen LogP contribution in [0.1, 0.15) is 21.3 Å². The Morgan fingerprint density at radius 3 is 2.55 bits per heavy atom. The summed E-state index contributed by atoms with van der Waals surface area (Å²) >= 11 is 1.43. The molecule has 0 radical (unpaired) electrons. The molecule has 0 spiro atoms. The molecule has 0 aliphatic rings. The molecule has 1 unspecified atom stereocenters. The number of anilines is 1. The Morgan fingerprint density at radius 1 is 1.00 bits per heavy atom. The van der Waals surface area contributed by atoms with Gasteiger partial charge >= 0.3 is 0 Å². The first-order valence-electron chi connectivity index (χ1n) is 9.62. The van der Waals surface area contributed by atoms with E-state index in [2.05, 4.69) is 15.3 Å². The van der Waals surface area contributed by atoms with Crippen LogP contribution in [0.15, 0.2) is 78.6 Å². The largest absolute Gasteiger partial charge is 0.495 e. The number of methoxy groups -OCH3 is 2. The molecule has 1 aromatic carbocycles. The molecule has 0 aliphatic carbocycles. The number of hydrogen-bond donors (Lipinski definition) is 1. The lowest BCUT2D eigenvalue weighted by atomic mass is 9.98. The Kier molecular flexibility index (Phi) is 6.24. The second-order valence-electron chi connectivity index (χ2n) is 6.72. The van der Waals surface area contributed by atoms with Crippen LogP contribution in [0.2, 0.25) is 0 Å². The number of Topliss-reactive ketones (excluding diaryl/α,β-unsaturated/α-hetero) is 1. The van der Waals surface area contributed by atoms with Crippen LogP contribution in [0.25, 0.3) is 11.1 Å². The fourth-order valence-electron chi connectivity index (χ4n) is 3.24. The van der Waals surface area contributed by atoms with E-state index in [4.69, 9.17) is 9.47 Å². The molecule has 6 nitrogen and oxygen atoms in total. The van der Waals surface area contributed by atoms with Crippen molar-refractivity contribution in [2.24, 2.45) is 0 Å². The van der Waals surface area contributed by atoms with Crippen LogP contribution in [-0.4, -0.2) is 30.0 Å². The van der Waals surface area contributed by atoms with Crippen LogP contribution in [-0.2, 0) is 0 Å². The highest BCUT2D eigenvalue weighted by Gasteiger charge is 2.26. The smallest absolute Gasteiger partial charge is 0.212 e. The standard InChI is InChI=1S/C24H21N3O3S/c1-29-19-12-18(14-25-15-19)27-22(17-8-9-21(30-2)26-13-17)23(28)24-20(10-11-31-24)16-6-4-3-5-7-16/h3-15,22,27H,1-2H3. The lowest BCUT2D eigenvalue weighted by Crippen LogP contribution is -2.21. The van der Waals surface area contributed by atoms with Crippen LogP contribution in [0.3, 0.4) is 0 Å². The van der Waals surface area contributed by atoms with Gasteiger partial charge in [-0.15, -0.1) is 11.3 Å². The molecule has 3 aromatic heterocycles. The van der Waals surface area contributed by atoms with Crippen molar-refractivity contribution in [3.8, 4) is 22.8 Å². The van der Waals surface area contributed by atoms with Gasteiger partial charge in [0, 0.05) is 29.5 Å². The van der Waals surface area contributed by atoms with Gasteiger partial charge in [0.05, 0.1) is 37.2 Å². The number of ether oxygens (including phenoxy) is 2. The molecule has 0 saturated carbocycles. The molecule has 7 heteroatoms. The maximum absolute atomic E-state index is 13.8. The quantitative estimate of drug-likeness (QED) is 0.384. The molecular formula is C24H21N3O3S. The Balaban J connectivity index is 1.73. The highest BCUT2D eigenvalue weighted by molar-refractivity contribution is 7.12. The maximum Gasteiger partial charge on any atom is 0.212 e. The van der Waals surface area contributed by atoms with Crippen molar-refractivity contribution in [3.63, 3.8) is 0 Å². The summed E-state index contributed by atoms with van der Waals surface area (Å²) in [5.41, 5.74) is 3.31. The average Bonchev–Trinajstić information content (AvgIpc) is 3.33. The van der Waals surface area contributed by atoms with Crippen molar-refractivity contribution in [1.29, 1.82) is 0 Å². The number of aromatic nitrogens is 2. The number of nitrogens with one attached hydrogen (secondary N) is 1. The molecule has 4 aromatic rings. The zero-order chi connectivity index (χ0) is 21.6. The zero-order valence-electron chi connectivity index (χ0n) is 17.1. The lowest BCUT2D eigenvalue weighted by molar-refractivity contribution is 0.0974. The number of ketones is 1. The van der Waals surface area contributed by atoms with E-state index < -0.39 is 6.04 Å². The number of nitrogens with zero attached hydrogens (tertiary/aromatic N) is 2. The lowest BCUT2D eigenvalue weighted by Gasteiger charge is -2.19. The van der Waals surface area contributed by atoms with Gasteiger partial charge in [0.25, 0.3) is 0 Å². The predicted molar refractivity (Wildman–Crippen MR) is 122 cm³/mol. The first-order chi connectivity index (χ1) is 15.2. The van der Waals surface area contributed by atoms with Crippen LogP contribution in [0.4, 0.5) is 5.69 Å². The van der Waals surface area contributed by atoms with Crippen molar-refractivity contribution in [3.05, 3.63) is 89.0 Å². The van der Waals surface area contributed by atoms with Gasteiger partial charge in [-0.25, -0.2) is 4.98 Å². The van der Waals surface area contributed by atoms with E-state index in [0.29, 0.717) is 22.2 Å². The molecule has 4 rings (SSSR count). The van der Waals surface area contributed by atoms with Gasteiger partial charge in [0.15, 0.2) is 5.78 Å². The van der Waals surface area contributed by atoms with E-state index in [1.807, 2.05) is 47.8 Å². The van der Waals surface area contributed by atoms with Crippen molar-refractivity contribution in [2.45, 2.75) is 6.04 Å². The first-order valence-corrected chi connectivity index (χ1v) is 10.5. The molecule has 0 fully saturated rings. The molecule has 0 bridgehead atoms. The van der Waals surface area contributed by atoms with Crippen LogP contribution < -0.4 is 14.8 Å². The normalized spacial score (nSPS) is 11.5. The minimum atomic E-state index is -0.659. The molecule has 0 amide bonds. The molecule has 0 aliphatic heterocycles. The SMILES string of the molecule is COc1cncc(NC(C(=O)c2sccc2-c2ccccc2)c2ccc(OC)nc2)c1. The molecule has 3 heterocycles. The third kappa shape index (κ3) is 4.57. The number of carbonyl (C=O) groups is 1. The number of hydrogen-bond acceptors (Lipinski definition) is 7. The van der Waals surface area contributed by atoms with E-state index in [1.165, 1.54) is 11.3 Å². The van der Waals surface area contributed by atoms with Crippen molar-refractivity contribution < 1.29 is 14.3 Å². The molecule has 156 valence electrons. The Hall–Kier alpha value is -3.71. The maximum atomic E-state index is 13.8. The molecular weight excluding hydrogens is 410 g/mol. The summed E-state index contributed by atoms with van der Waals surface area (Å²) in [4.78, 5) is 22.9. The van der Waals surface area contributed by atoms with Crippen LogP contribution in [0.5, 0.6) is 11.6 Å². The van der Waals surface area contributed by atoms with Gasteiger partial charge in [0.1, 0.15) is 11.8 Å². The minimum absolute atomic E-state index is 0.0522. The number of thiophene rings is 1. The van der Waals surface area contributed by atoms with E-state index in [0.717, 1.165) is 16.7 Å². The third-order valence-corrected chi connectivity index (χ3v) is 5.73. The number of rotatable bonds is 8. The van der Waals surface area contributed by atoms with Gasteiger partial charge in [-0.1, -0.05) is 30.3 Å². The molecule has 1 atom stereocenters. The summed E-state index contributed by atoms with van der Waals surface area (Å²) in [6, 6.07) is 16.6. The Labute approximate surface area is 184 Å². The number of pyridine rings is 2. The van der Waals surface area contributed by atoms with Crippen molar-refractivity contribution in [1.82, 2.24) is 9.97 Å². The fraction of sp³-hybridized carbons (Fsp3) is 0.125. The summed E-state index contributed by atoms with van der Waals surface area (Å²) < 4.78 is 10.4. The predicted octanol–water partition coefficient (Wildman–Crippen LogP) is 5.26. The summed E-state index contributed by atoms with van der Waals surface area (Å²) in [6.07, 6.45) is 4.92. The number of benzene rings is 1. The fourth-order valence-corrected chi connectivity index (χ4v) is 4.12. The van der Waals surface area contributed by atoms with E-state index >= 15 is 0 Å². The van der Waals surface area contributed by atoms with Gasteiger partial charge in [-0.3, -0.25) is 9.78 Å². The van der Waals surface area contributed by atoms with E-state index in [9.17, 15) is 4.79 Å². The summed E-state index contributed by atoms with van der Waals surface area (Å²) in [7, 11) is 3.14. The van der Waals surface area contributed by atoms with Gasteiger partial charge in [-0.05, 0) is 23.1 Å². The van der Waals surface area contributed by atoms with Gasteiger partial charge in [0.2, 0.25) is 5.88 Å². The second kappa shape index (κ2) is 9.40. The summed E-state index contributed by atoms with van der Waals surface area (Å²) in [6.45, 7) is 0. The topological polar surface area (TPSA) is 73.3 Å². The van der Waals surface area contributed by atoms with Crippen molar-refractivity contribution in [2.75, 3.05) is 19.5 Å². The van der Waals surface area contributed by atoms with Gasteiger partial charge < -0.3 is 14.8 Å².